The molecule has 2 nitrogen and oxygen atoms in total. The van der Waals surface area contributed by atoms with E-state index < -0.39 is 0 Å². The third kappa shape index (κ3) is 2.36. The minimum absolute atomic E-state index is 0.1000. The molecule has 1 amide bonds. The number of hydrogen-bond acceptors (Lipinski definition) is 1. The smallest absolute Gasteiger partial charge is 0.227 e. The lowest BCUT2D eigenvalue weighted by Gasteiger charge is -2.29. The number of carbonyl (C=O) groups is 1. The molecule has 0 fully saturated rings. The molecule has 0 aliphatic carbocycles. The van der Waals surface area contributed by atoms with Gasteiger partial charge in [-0.1, -0.05) is 30.3 Å². The summed E-state index contributed by atoms with van der Waals surface area (Å²) in [6, 6.07) is 14.5. The monoisotopic (exact) mass is 255 g/mol. The molecule has 1 aliphatic rings. The molecule has 0 spiro atoms. The quantitative estimate of drug-likeness (QED) is 0.806. The Bertz CT molecular complexity index is 609. The van der Waals surface area contributed by atoms with Crippen LogP contribution in [0.1, 0.15) is 17.5 Å². The maximum absolute atomic E-state index is 13.2. The molecule has 1 aliphatic heterocycles. The number of hydrogen-bond donors (Lipinski definition) is 0. The summed E-state index contributed by atoms with van der Waals surface area (Å²) in [6.45, 7) is 0.540. The first-order chi connectivity index (χ1) is 9.24. The highest BCUT2D eigenvalue weighted by atomic mass is 19.1. The van der Waals surface area contributed by atoms with Gasteiger partial charge in [-0.05, 0) is 35.7 Å². The molecule has 0 radical (unpaired) electrons. The van der Waals surface area contributed by atoms with Crippen LogP contribution < -0.4 is 4.90 Å². The fraction of sp³-hybridized carbons (Fsp3) is 0.188. The van der Waals surface area contributed by atoms with E-state index >= 15 is 0 Å². The molecule has 3 rings (SSSR count). The number of halogens is 1. The summed E-state index contributed by atoms with van der Waals surface area (Å²) >= 11 is 0. The molecular weight excluding hydrogens is 241 g/mol. The van der Waals surface area contributed by atoms with Crippen LogP contribution in [0.2, 0.25) is 0 Å². The lowest BCUT2D eigenvalue weighted by molar-refractivity contribution is -0.119. The molecule has 0 saturated carbocycles. The molecule has 19 heavy (non-hydrogen) atoms. The molecule has 2 aromatic rings. The van der Waals surface area contributed by atoms with Crippen molar-refractivity contribution in [1.82, 2.24) is 0 Å². The van der Waals surface area contributed by atoms with Gasteiger partial charge in [-0.2, -0.15) is 0 Å². The van der Waals surface area contributed by atoms with Crippen molar-refractivity contribution in [2.45, 2.75) is 19.4 Å². The van der Waals surface area contributed by atoms with E-state index in [1.807, 2.05) is 30.3 Å². The number of aryl methyl sites for hydroxylation is 1. The Morgan fingerprint density at radius 3 is 2.63 bits per heavy atom. The first-order valence-electron chi connectivity index (χ1n) is 6.37. The van der Waals surface area contributed by atoms with Crippen LogP contribution in [0.15, 0.2) is 48.5 Å². The number of carbonyl (C=O) groups excluding carboxylic acids is 1. The molecular formula is C16H14FNO. The Morgan fingerprint density at radius 2 is 1.84 bits per heavy atom. The molecule has 0 atom stereocenters. The number of benzene rings is 2. The highest BCUT2D eigenvalue weighted by Crippen LogP contribution is 2.29. The minimum atomic E-state index is -0.243. The van der Waals surface area contributed by atoms with E-state index in [1.54, 1.807) is 11.0 Å². The highest BCUT2D eigenvalue weighted by molar-refractivity contribution is 5.96. The van der Waals surface area contributed by atoms with E-state index in [0.717, 1.165) is 16.8 Å². The summed E-state index contributed by atoms with van der Waals surface area (Å²) in [4.78, 5) is 13.8. The van der Waals surface area contributed by atoms with Gasteiger partial charge in [0.05, 0.1) is 6.54 Å². The predicted molar refractivity (Wildman–Crippen MR) is 72.4 cm³/mol. The predicted octanol–water partition coefficient (Wildman–Crippen LogP) is 3.31. The summed E-state index contributed by atoms with van der Waals surface area (Å²) < 4.78 is 13.2. The Kier molecular flexibility index (Phi) is 3.03. The van der Waals surface area contributed by atoms with Crippen molar-refractivity contribution in [1.29, 1.82) is 0 Å². The third-order valence-corrected chi connectivity index (χ3v) is 3.43. The zero-order valence-electron chi connectivity index (χ0n) is 10.5. The van der Waals surface area contributed by atoms with Gasteiger partial charge in [-0.25, -0.2) is 4.39 Å². The van der Waals surface area contributed by atoms with Gasteiger partial charge in [-0.15, -0.1) is 0 Å². The van der Waals surface area contributed by atoms with Crippen molar-refractivity contribution in [2.24, 2.45) is 0 Å². The number of nitrogens with zero attached hydrogens (tertiary/aromatic N) is 1. The minimum Gasteiger partial charge on any atom is -0.308 e. The Hall–Kier alpha value is -2.16. The standard InChI is InChI=1S/C16H14FNO/c17-14-7-8-15-13(10-14)6-9-16(19)18(15)11-12-4-2-1-3-5-12/h1-5,7-8,10H,6,9,11H2. The van der Waals surface area contributed by atoms with Gasteiger partial charge in [0.15, 0.2) is 0 Å². The Balaban J connectivity index is 1.95. The van der Waals surface area contributed by atoms with Crippen LogP contribution in [-0.2, 0) is 17.8 Å². The first kappa shape index (κ1) is 11.9. The lowest BCUT2D eigenvalue weighted by Crippen LogP contribution is -2.34. The van der Waals surface area contributed by atoms with Crippen LogP contribution in [0.4, 0.5) is 10.1 Å². The van der Waals surface area contributed by atoms with E-state index in [2.05, 4.69) is 0 Å². The SMILES string of the molecule is O=C1CCc2cc(F)ccc2N1Cc1ccccc1. The molecule has 3 heteroatoms. The average Bonchev–Trinajstić information content (AvgIpc) is 2.43. The van der Waals surface area contributed by atoms with Crippen LogP contribution in [0, 0.1) is 5.82 Å². The largest absolute Gasteiger partial charge is 0.308 e. The topological polar surface area (TPSA) is 20.3 Å². The van der Waals surface area contributed by atoms with Crippen molar-refractivity contribution in [3.05, 3.63) is 65.5 Å². The highest BCUT2D eigenvalue weighted by Gasteiger charge is 2.24. The van der Waals surface area contributed by atoms with Crippen LogP contribution >= 0.6 is 0 Å². The van der Waals surface area contributed by atoms with Gasteiger partial charge in [0, 0.05) is 12.1 Å². The number of amides is 1. The average molecular weight is 255 g/mol. The summed E-state index contributed by atoms with van der Waals surface area (Å²) in [7, 11) is 0. The van der Waals surface area contributed by atoms with E-state index in [1.165, 1.54) is 12.1 Å². The summed E-state index contributed by atoms with van der Waals surface area (Å²) in [5.41, 5.74) is 2.82. The van der Waals surface area contributed by atoms with Crippen molar-refractivity contribution in [3.8, 4) is 0 Å². The molecule has 0 bridgehead atoms. The maximum Gasteiger partial charge on any atom is 0.227 e. The maximum atomic E-state index is 13.2. The van der Waals surface area contributed by atoms with Crippen LogP contribution in [0.25, 0.3) is 0 Å². The van der Waals surface area contributed by atoms with Crippen LogP contribution in [0.3, 0.4) is 0 Å². The zero-order valence-corrected chi connectivity index (χ0v) is 10.5. The van der Waals surface area contributed by atoms with Crippen LogP contribution in [0.5, 0.6) is 0 Å². The summed E-state index contributed by atoms with van der Waals surface area (Å²) in [5, 5.41) is 0. The molecule has 0 saturated heterocycles. The summed E-state index contributed by atoms with van der Waals surface area (Å²) in [6.07, 6.45) is 1.07. The van der Waals surface area contributed by atoms with Gasteiger partial charge in [0.25, 0.3) is 0 Å². The number of anilines is 1. The molecule has 1 heterocycles. The summed E-state index contributed by atoms with van der Waals surface area (Å²) in [5.74, 6) is -0.143. The molecule has 96 valence electrons. The molecule has 0 aromatic heterocycles. The van der Waals surface area contributed by atoms with Gasteiger partial charge in [0.2, 0.25) is 5.91 Å². The van der Waals surface area contributed by atoms with E-state index in [-0.39, 0.29) is 11.7 Å². The zero-order chi connectivity index (χ0) is 13.2. The fourth-order valence-corrected chi connectivity index (χ4v) is 2.47. The van der Waals surface area contributed by atoms with Gasteiger partial charge in [-0.3, -0.25) is 4.79 Å². The fourth-order valence-electron chi connectivity index (χ4n) is 2.47. The molecule has 0 unspecified atom stereocenters. The van der Waals surface area contributed by atoms with Gasteiger partial charge in [0.1, 0.15) is 5.82 Å². The van der Waals surface area contributed by atoms with Gasteiger partial charge >= 0.3 is 0 Å². The van der Waals surface area contributed by atoms with E-state index in [0.29, 0.717) is 19.4 Å². The second-order valence-electron chi connectivity index (χ2n) is 4.74. The second kappa shape index (κ2) is 4.84. The van der Waals surface area contributed by atoms with Gasteiger partial charge < -0.3 is 4.90 Å². The normalized spacial score (nSPS) is 14.4. The molecule has 2 aromatic carbocycles. The Morgan fingerprint density at radius 1 is 1.05 bits per heavy atom. The van der Waals surface area contributed by atoms with Crippen molar-refractivity contribution in [3.63, 3.8) is 0 Å². The van der Waals surface area contributed by atoms with Crippen LogP contribution in [-0.4, -0.2) is 5.91 Å². The van der Waals surface area contributed by atoms with Crippen molar-refractivity contribution >= 4 is 11.6 Å². The Labute approximate surface area is 111 Å². The molecule has 0 N–H and O–H groups in total. The lowest BCUT2D eigenvalue weighted by atomic mass is 10.0. The number of fused-ring (bicyclic) bond motifs is 1. The van der Waals surface area contributed by atoms with Crippen molar-refractivity contribution in [2.75, 3.05) is 4.90 Å². The second-order valence-corrected chi connectivity index (χ2v) is 4.74. The number of rotatable bonds is 2. The third-order valence-electron chi connectivity index (χ3n) is 3.43. The van der Waals surface area contributed by atoms with E-state index in [4.69, 9.17) is 0 Å². The van der Waals surface area contributed by atoms with E-state index in [9.17, 15) is 9.18 Å². The first-order valence-corrected chi connectivity index (χ1v) is 6.37. The van der Waals surface area contributed by atoms with Crippen molar-refractivity contribution < 1.29 is 9.18 Å².